The standard InChI is InChI=1S/C18H15F2N3O3S/c19-12-6-5-11(7-13(12)20)15-14(8-21)27-18(22-15)23-16(24)9-1-3-10(4-2-9)17(25)26/h5-7,9-10H,1-4H2,(H,25,26)(H,22,23,24). The highest BCUT2D eigenvalue weighted by Gasteiger charge is 2.30. The van der Waals surface area contributed by atoms with Crippen LogP contribution in [0.5, 0.6) is 0 Å². The van der Waals surface area contributed by atoms with Crippen LogP contribution in [0.2, 0.25) is 0 Å². The second-order valence-electron chi connectivity index (χ2n) is 6.31. The normalized spacial score (nSPS) is 19.3. The second-order valence-corrected chi connectivity index (χ2v) is 7.31. The predicted octanol–water partition coefficient (Wildman–Crippen LogP) is 3.79. The maximum atomic E-state index is 13.5. The third-order valence-corrected chi connectivity index (χ3v) is 5.47. The fraction of sp³-hybridized carbons (Fsp3) is 0.333. The monoisotopic (exact) mass is 391 g/mol. The number of carbonyl (C=O) groups excluding carboxylic acids is 1. The smallest absolute Gasteiger partial charge is 0.306 e. The molecule has 140 valence electrons. The minimum atomic E-state index is -1.05. The maximum Gasteiger partial charge on any atom is 0.306 e. The summed E-state index contributed by atoms with van der Waals surface area (Å²) < 4.78 is 26.6. The number of thiazole rings is 1. The van der Waals surface area contributed by atoms with Crippen LogP contribution in [0.4, 0.5) is 13.9 Å². The minimum absolute atomic E-state index is 0.172. The van der Waals surface area contributed by atoms with E-state index < -0.39 is 23.5 Å². The number of halogens is 2. The zero-order valence-electron chi connectivity index (χ0n) is 14.0. The Hall–Kier alpha value is -2.86. The van der Waals surface area contributed by atoms with Crippen LogP contribution >= 0.6 is 11.3 Å². The molecule has 1 amide bonds. The number of amides is 1. The molecule has 0 spiro atoms. The van der Waals surface area contributed by atoms with Crippen LogP contribution < -0.4 is 5.32 Å². The van der Waals surface area contributed by atoms with E-state index in [-0.39, 0.29) is 33.1 Å². The van der Waals surface area contributed by atoms with Gasteiger partial charge in [0.1, 0.15) is 16.6 Å². The number of nitrogens with one attached hydrogen (secondary N) is 1. The largest absolute Gasteiger partial charge is 0.481 e. The highest BCUT2D eigenvalue weighted by Crippen LogP contribution is 2.33. The van der Waals surface area contributed by atoms with Gasteiger partial charge in [-0.1, -0.05) is 11.3 Å². The first-order valence-electron chi connectivity index (χ1n) is 8.29. The SMILES string of the molecule is N#Cc1sc(NC(=O)C2CCC(C(=O)O)CC2)nc1-c1ccc(F)c(F)c1. The fourth-order valence-electron chi connectivity index (χ4n) is 3.10. The summed E-state index contributed by atoms with van der Waals surface area (Å²) in [6, 6.07) is 5.15. The number of carbonyl (C=O) groups is 2. The molecule has 0 bridgehead atoms. The zero-order chi connectivity index (χ0) is 19.6. The molecule has 27 heavy (non-hydrogen) atoms. The Kier molecular flexibility index (Phi) is 5.46. The Morgan fingerprint density at radius 3 is 2.44 bits per heavy atom. The number of aromatic nitrogens is 1. The number of carboxylic acids is 1. The van der Waals surface area contributed by atoms with Gasteiger partial charge >= 0.3 is 5.97 Å². The van der Waals surface area contributed by atoms with Gasteiger partial charge in [0.05, 0.1) is 5.92 Å². The van der Waals surface area contributed by atoms with Gasteiger partial charge in [0.15, 0.2) is 16.8 Å². The van der Waals surface area contributed by atoms with Crippen molar-refractivity contribution in [3.63, 3.8) is 0 Å². The fourth-order valence-corrected chi connectivity index (χ4v) is 3.89. The Morgan fingerprint density at radius 2 is 1.85 bits per heavy atom. The van der Waals surface area contributed by atoms with Gasteiger partial charge in [-0.25, -0.2) is 13.8 Å². The van der Waals surface area contributed by atoms with E-state index in [0.717, 1.165) is 23.5 Å². The lowest BCUT2D eigenvalue weighted by Crippen LogP contribution is -2.29. The third-order valence-electron chi connectivity index (χ3n) is 4.60. The Morgan fingerprint density at radius 1 is 1.19 bits per heavy atom. The molecular formula is C18H15F2N3O3S. The van der Waals surface area contributed by atoms with E-state index in [0.29, 0.717) is 25.7 Å². The van der Waals surface area contributed by atoms with E-state index >= 15 is 0 Å². The first kappa shape index (κ1) is 18.9. The van der Waals surface area contributed by atoms with Gasteiger partial charge in [0.2, 0.25) is 5.91 Å². The topological polar surface area (TPSA) is 103 Å². The van der Waals surface area contributed by atoms with Gasteiger partial charge in [-0.2, -0.15) is 5.26 Å². The van der Waals surface area contributed by atoms with Crippen molar-refractivity contribution in [1.29, 1.82) is 5.26 Å². The van der Waals surface area contributed by atoms with Crippen LogP contribution in [0.15, 0.2) is 18.2 Å². The molecule has 0 radical (unpaired) electrons. The van der Waals surface area contributed by atoms with Crippen molar-refractivity contribution in [1.82, 2.24) is 4.98 Å². The summed E-state index contributed by atoms with van der Waals surface area (Å²) in [6.07, 6.45) is 1.81. The van der Waals surface area contributed by atoms with Crippen molar-refractivity contribution in [2.45, 2.75) is 25.7 Å². The number of benzene rings is 1. The highest BCUT2D eigenvalue weighted by atomic mass is 32.1. The van der Waals surface area contributed by atoms with Crippen LogP contribution in [0.1, 0.15) is 30.6 Å². The number of rotatable bonds is 4. The van der Waals surface area contributed by atoms with E-state index in [4.69, 9.17) is 5.11 Å². The molecule has 1 saturated carbocycles. The molecule has 1 fully saturated rings. The number of aliphatic carboxylic acids is 1. The van der Waals surface area contributed by atoms with Crippen LogP contribution in [-0.2, 0) is 9.59 Å². The lowest BCUT2D eigenvalue weighted by molar-refractivity contribution is -0.143. The number of nitriles is 1. The third kappa shape index (κ3) is 4.11. The van der Waals surface area contributed by atoms with Crippen molar-refractivity contribution in [3.05, 3.63) is 34.7 Å². The van der Waals surface area contributed by atoms with Crippen molar-refractivity contribution >= 4 is 28.3 Å². The van der Waals surface area contributed by atoms with Crippen molar-refractivity contribution < 1.29 is 23.5 Å². The molecule has 0 aliphatic heterocycles. The van der Waals surface area contributed by atoms with E-state index in [2.05, 4.69) is 10.3 Å². The molecule has 2 aromatic rings. The zero-order valence-corrected chi connectivity index (χ0v) is 14.9. The van der Waals surface area contributed by atoms with Crippen LogP contribution in [-0.4, -0.2) is 22.0 Å². The molecule has 6 nitrogen and oxygen atoms in total. The first-order chi connectivity index (χ1) is 12.9. The Bertz CT molecular complexity index is 930. The highest BCUT2D eigenvalue weighted by molar-refractivity contribution is 7.16. The molecule has 0 unspecified atom stereocenters. The molecule has 3 rings (SSSR count). The second kappa shape index (κ2) is 7.80. The first-order valence-corrected chi connectivity index (χ1v) is 9.10. The van der Waals surface area contributed by atoms with E-state index in [1.807, 2.05) is 6.07 Å². The van der Waals surface area contributed by atoms with E-state index in [1.54, 1.807) is 0 Å². The number of nitrogens with zero attached hydrogens (tertiary/aromatic N) is 2. The summed E-state index contributed by atoms with van der Waals surface area (Å²) in [6.45, 7) is 0. The molecule has 1 aromatic heterocycles. The van der Waals surface area contributed by atoms with Gasteiger partial charge in [-0.05, 0) is 43.9 Å². The van der Waals surface area contributed by atoms with Crippen LogP contribution in [0.3, 0.4) is 0 Å². The molecule has 2 N–H and O–H groups in total. The predicted molar refractivity (Wildman–Crippen MR) is 93.9 cm³/mol. The van der Waals surface area contributed by atoms with Gasteiger partial charge < -0.3 is 10.4 Å². The lowest BCUT2D eigenvalue weighted by atomic mass is 9.81. The summed E-state index contributed by atoms with van der Waals surface area (Å²) in [5.74, 6) is -3.92. The summed E-state index contributed by atoms with van der Waals surface area (Å²) in [5.41, 5.74) is 0.412. The Balaban J connectivity index is 1.74. The van der Waals surface area contributed by atoms with Crippen molar-refractivity contribution in [2.24, 2.45) is 11.8 Å². The van der Waals surface area contributed by atoms with Crippen molar-refractivity contribution in [3.8, 4) is 17.3 Å². The van der Waals surface area contributed by atoms with Gasteiger partial charge in [0.25, 0.3) is 0 Å². The molecule has 9 heteroatoms. The molecule has 1 aliphatic carbocycles. The molecule has 1 aromatic carbocycles. The molecule has 0 atom stereocenters. The van der Waals surface area contributed by atoms with E-state index in [9.17, 15) is 23.6 Å². The average Bonchev–Trinajstić information content (AvgIpc) is 3.06. The summed E-state index contributed by atoms with van der Waals surface area (Å²) in [5, 5.41) is 21.1. The molecule has 1 heterocycles. The van der Waals surface area contributed by atoms with Gasteiger partial charge in [0, 0.05) is 11.5 Å². The maximum absolute atomic E-state index is 13.5. The van der Waals surface area contributed by atoms with E-state index in [1.165, 1.54) is 6.07 Å². The number of anilines is 1. The molecule has 1 aliphatic rings. The summed E-state index contributed by atoms with van der Waals surface area (Å²) >= 11 is 0.948. The number of hydrogen-bond acceptors (Lipinski definition) is 5. The molecular weight excluding hydrogens is 376 g/mol. The average molecular weight is 391 g/mol. The summed E-state index contributed by atoms with van der Waals surface area (Å²) in [4.78, 5) is 27.7. The van der Waals surface area contributed by atoms with Crippen molar-refractivity contribution in [2.75, 3.05) is 5.32 Å². The number of hydrogen-bond donors (Lipinski definition) is 2. The molecule has 0 saturated heterocycles. The minimum Gasteiger partial charge on any atom is -0.481 e. The number of carboxylic acid groups (broad SMARTS) is 1. The van der Waals surface area contributed by atoms with Crippen LogP contribution in [0.25, 0.3) is 11.3 Å². The van der Waals surface area contributed by atoms with Gasteiger partial charge in [-0.15, -0.1) is 0 Å². The van der Waals surface area contributed by atoms with Crippen LogP contribution in [0, 0.1) is 34.8 Å². The Labute approximate surface area is 157 Å². The quantitative estimate of drug-likeness (QED) is 0.825. The lowest BCUT2D eigenvalue weighted by Gasteiger charge is -2.24. The summed E-state index contributed by atoms with van der Waals surface area (Å²) in [7, 11) is 0. The van der Waals surface area contributed by atoms with Gasteiger partial charge in [-0.3, -0.25) is 9.59 Å².